The Morgan fingerprint density at radius 3 is 2.48 bits per heavy atom. The van der Waals surface area contributed by atoms with Crippen LogP contribution in [0.1, 0.15) is 63.1 Å². The second-order valence-electron chi connectivity index (χ2n) is 6.94. The van der Waals surface area contributed by atoms with Gasteiger partial charge in [0.05, 0.1) is 10.9 Å². The summed E-state index contributed by atoms with van der Waals surface area (Å²) in [6.07, 6.45) is 6.98. The molecule has 25 heavy (non-hydrogen) atoms. The van der Waals surface area contributed by atoms with Crippen LogP contribution in [0.4, 0.5) is 0 Å². The van der Waals surface area contributed by atoms with Crippen molar-refractivity contribution < 1.29 is 18.0 Å². The van der Waals surface area contributed by atoms with Crippen molar-refractivity contribution >= 4 is 27.7 Å². The molecule has 1 heterocycles. The summed E-state index contributed by atoms with van der Waals surface area (Å²) in [6.45, 7) is 2.95. The first kappa shape index (κ1) is 18.0. The number of sulfonamides is 1. The van der Waals surface area contributed by atoms with E-state index in [1.54, 1.807) is 28.6 Å². The Bertz CT molecular complexity index is 835. The predicted molar refractivity (Wildman–Crippen MR) is 95.5 cm³/mol. The molecule has 0 N–H and O–H groups in total. The van der Waals surface area contributed by atoms with Gasteiger partial charge in [-0.1, -0.05) is 31.1 Å². The summed E-state index contributed by atoms with van der Waals surface area (Å²) in [7, 11) is -3.62. The molecule has 1 atom stereocenters. The van der Waals surface area contributed by atoms with E-state index in [1.807, 2.05) is 0 Å². The molecule has 1 aromatic rings. The highest BCUT2D eigenvalue weighted by Gasteiger charge is 2.47. The van der Waals surface area contributed by atoms with Gasteiger partial charge in [0.15, 0.2) is 5.78 Å². The molecule has 0 spiro atoms. The summed E-state index contributed by atoms with van der Waals surface area (Å²) in [4.78, 5) is 23.2. The summed E-state index contributed by atoms with van der Waals surface area (Å²) in [6, 6.07) is 4.77. The van der Waals surface area contributed by atoms with Crippen LogP contribution in [0, 0.1) is 0 Å². The maximum Gasteiger partial charge on any atom is 0.244 e. The zero-order valence-electron chi connectivity index (χ0n) is 14.6. The van der Waals surface area contributed by atoms with Crippen LogP contribution in [0.2, 0.25) is 0 Å². The fraction of sp³-hybridized carbons (Fsp3) is 0.474. The zero-order chi connectivity index (χ0) is 18.2. The van der Waals surface area contributed by atoms with Crippen LogP contribution < -0.4 is 0 Å². The second kappa shape index (κ2) is 6.84. The SMILES string of the molecule is CC(=O)/C=C/c1ccc2c(c1)S(=O)(=O)N(C1CCCC1)[C@H]2CC(C)=O. The van der Waals surface area contributed by atoms with Gasteiger partial charge in [0.25, 0.3) is 0 Å². The van der Waals surface area contributed by atoms with Crippen LogP contribution in [0.25, 0.3) is 6.08 Å². The minimum Gasteiger partial charge on any atom is -0.300 e. The number of carbonyl (C=O) groups is 2. The van der Waals surface area contributed by atoms with E-state index in [9.17, 15) is 18.0 Å². The molecule has 0 saturated heterocycles. The second-order valence-corrected chi connectivity index (χ2v) is 8.75. The third-order valence-corrected chi connectivity index (χ3v) is 6.95. The van der Waals surface area contributed by atoms with Gasteiger partial charge in [-0.3, -0.25) is 9.59 Å². The maximum atomic E-state index is 13.2. The summed E-state index contributed by atoms with van der Waals surface area (Å²) in [5.41, 5.74) is 1.37. The average molecular weight is 361 g/mol. The van der Waals surface area contributed by atoms with Gasteiger partial charge >= 0.3 is 0 Å². The van der Waals surface area contributed by atoms with Crippen molar-refractivity contribution in [1.29, 1.82) is 0 Å². The van der Waals surface area contributed by atoms with E-state index >= 15 is 0 Å². The fourth-order valence-electron chi connectivity index (χ4n) is 3.87. The van der Waals surface area contributed by atoms with Gasteiger partial charge in [-0.05, 0) is 50.0 Å². The fourth-order valence-corrected chi connectivity index (χ4v) is 6.01. The summed E-state index contributed by atoms with van der Waals surface area (Å²) in [5, 5.41) is 0. The number of allylic oxidation sites excluding steroid dienone is 1. The first-order chi connectivity index (χ1) is 11.8. The molecule has 3 rings (SSSR count). The van der Waals surface area contributed by atoms with Crippen LogP contribution in [0.15, 0.2) is 29.2 Å². The smallest absolute Gasteiger partial charge is 0.244 e. The van der Waals surface area contributed by atoms with Crippen molar-refractivity contribution in [1.82, 2.24) is 4.31 Å². The van der Waals surface area contributed by atoms with Crippen LogP contribution in [-0.2, 0) is 19.6 Å². The average Bonchev–Trinajstić information content (AvgIpc) is 3.11. The Kier molecular flexibility index (Phi) is 4.93. The molecule has 6 heteroatoms. The van der Waals surface area contributed by atoms with Crippen molar-refractivity contribution in [2.24, 2.45) is 0 Å². The van der Waals surface area contributed by atoms with E-state index in [1.165, 1.54) is 19.9 Å². The molecule has 1 saturated carbocycles. The molecule has 1 aliphatic heterocycles. The standard InChI is InChI=1S/C19H23NO4S/c1-13(21)7-8-15-9-10-17-18(11-14(2)22)20(16-5-3-4-6-16)25(23,24)19(17)12-15/h7-10,12,16,18H,3-6,11H2,1-2H3/b8-7+/t18-/m0/s1. The molecule has 0 unspecified atom stereocenters. The number of fused-ring (bicyclic) bond motifs is 1. The number of hydrogen-bond donors (Lipinski definition) is 0. The van der Waals surface area contributed by atoms with Gasteiger partial charge in [-0.2, -0.15) is 4.31 Å². The highest BCUT2D eigenvalue weighted by molar-refractivity contribution is 7.89. The number of Topliss-reactive ketones (excluding diaryl/α,β-unsaturated/α-hetero) is 1. The lowest BCUT2D eigenvalue weighted by Gasteiger charge is -2.28. The van der Waals surface area contributed by atoms with Crippen LogP contribution in [0.5, 0.6) is 0 Å². The Morgan fingerprint density at radius 2 is 1.88 bits per heavy atom. The number of benzene rings is 1. The molecule has 0 aromatic heterocycles. The molecular weight excluding hydrogens is 338 g/mol. The zero-order valence-corrected chi connectivity index (χ0v) is 15.4. The quantitative estimate of drug-likeness (QED) is 0.755. The lowest BCUT2D eigenvalue weighted by molar-refractivity contribution is -0.118. The molecule has 134 valence electrons. The first-order valence-electron chi connectivity index (χ1n) is 8.66. The molecule has 0 bridgehead atoms. The van der Waals surface area contributed by atoms with E-state index in [4.69, 9.17) is 0 Å². The lowest BCUT2D eigenvalue weighted by atomic mass is 9.99. The van der Waals surface area contributed by atoms with E-state index in [0.717, 1.165) is 25.7 Å². The molecular formula is C19H23NO4S. The van der Waals surface area contributed by atoms with Crippen LogP contribution in [0.3, 0.4) is 0 Å². The topological polar surface area (TPSA) is 71.5 Å². The third-order valence-electron chi connectivity index (χ3n) is 4.94. The van der Waals surface area contributed by atoms with Gasteiger partial charge in [0.2, 0.25) is 10.0 Å². The van der Waals surface area contributed by atoms with Crippen molar-refractivity contribution in [3.63, 3.8) is 0 Å². The summed E-state index contributed by atoms with van der Waals surface area (Å²) >= 11 is 0. The Morgan fingerprint density at radius 1 is 1.20 bits per heavy atom. The minimum atomic E-state index is -3.62. The number of rotatable bonds is 5. The number of hydrogen-bond acceptors (Lipinski definition) is 4. The minimum absolute atomic E-state index is 0.0170. The largest absolute Gasteiger partial charge is 0.300 e. The van der Waals surface area contributed by atoms with Gasteiger partial charge in [0.1, 0.15) is 5.78 Å². The Balaban J connectivity index is 2.07. The van der Waals surface area contributed by atoms with Crippen molar-refractivity contribution in [3.05, 3.63) is 35.4 Å². The maximum absolute atomic E-state index is 13.2. The van der Waals surface area contributed by atoms with Crippen molar-refractivity contribution in [2.75, 3.05) is 0 Å². The van der Waals surface area contributed by atoms with Crippen LogP contribution in [-0.4, -0.2) is 30.3 Å². The van der Waals surface area contributed by atoms with Crippen molar-refractivity contribution in [2.45, 2.75) is 62.9 Å². The molecule has 1 fully saturated rings. The Hall–Kier alpha value is -1.79. The molecule has 0 radical (unpaired) electrons. The van der Waals surface area contributed by atoms with Gasteiger partial charge in [0, 0.05) is 12.5 Å². The summed E-state index contributed by atoms with van der Waals surface area (Å²) in [5.74, 6) is -0.109. The lowest BCUT2D eigenvalue weighted by Crippen LogP contribution is -2.37. The van der Waals surface area contributed by atoms with E-state index in [0.29, 0.717) is 11.1 Å². The van der Waals surface area contributed by atoms with Crippen molar-refractivity contribution in [3.8, 4) is 0 Å². The monoisotopic (exact) mass is 361 g/mol. The highest BCUT2D eigenvalue weighted by Crippen LogP contribution is 2.46. The summed E-state index contributed by atoms with van der Waals surface area (Å²) < 4.78 is 27.9. The number of nitrogens with zero attached hydrogens (tertiary/aromatic N) is 1. The van der Waals surface area contributed by atoms with Crippen LogP contribution >= 0.6 is 0 Å². The molecule has 1 aromatic carbocycles. The normalized spacial score (nSPS) is 23.2. The van der Waals surface area contributed by atoms with E-state index in [-0.39, 0.29) is 28.9 Å². The van der Waals surface area contributed by atoms with E-state index < -0.39 is 16.1 Å². The highest BCUT2D eigenvalue weighted by atomic mass is 32.2. The Labute approximate surface area is 148 Å². The predicted octanol–water partition coefficient (Wildman–Crippen LogP) is 3.26. The molecule has 0 amide bonds. The first-order valence-corrected chi connectivity index (χ1v) is 10.1. The molecule has 2 aliphatic rings. The molecule has 5 nitrogen and oxygen atoms in total. The van der Waals surface area contributed by atoms with Gasteiger partial charge < -0.3 is 0 Å². The molecule has 1 aliphatic carbocycles. The van der Waals surface area contributed by atoms with Gasteiger partial charge in [-0.25, -0.2) is 8.42 Å². The van der Waals surface area contributed by atoms with Gasteiger partial charge in [-0.15, -0.1) is 0 Å². The number of ketones is 2. The third kappa shape index (κ3) is 3.46. The van der Waals surface area contributed by atoms with E-state index in [2.05, 4.69) is 0 Å². The number of carbonyl (C=O) groups excluding carboxylic acids is 2.